The van der Waals surface area contributed by atoms with Crippen molar-refractivity contribution in [3.8, 4) is 17.1 Å². The number of pyridine rings is 1. The lowest BCUT2D eigenvalue weighted by molar-refractivity contribution is 0.100. The molecule has 40 heavy (non-hydrogen) atoms. The summed E-state index contributed by atoms with van der Waals surface area (Å²) in [5.41, 5.74) is 6.49. The number of likely N-dealkylation sites (N-methyl/N-ethyl adjacent to an activating group) is 1. The number of amidine groups is 1. The highest BCUT2D eigenvalue weighted by Gasteiger charge is 2.29. The van der Waals surface area contributed by atoms with E-state index in [1.807, 2.05) is 26.1 Å². The third-order valence-corrected chi connectivity index (χ3v) is 8.27. The fourth-order valence-electron chi connectivity index (χ4n) is 5.97. The zero-order valence-electron chi connectivity index (χ0n) is 24.1. The van der Waals surface area contributed by atoms with Gasteiger partial charge in [0.1, 0.15) is 5.84 Å². The van der Waals surface area contributed by atoms with E-state index in [0.717, 1.165) is 69.2 Å². The summed E-state index contributed by atoms with van der Waals surface area (Å²) in [6.07, 6.45) is 4.35. The molecule has 1 amide bonds. The third-order valence-electron chi connectivity index (χ3n) is 8.27. The number of hydrogen-bond donors (Lipinski definition) is 0. The number of benzene rings is 1. The van der Waals surface area contributed by atoms with Gasteiger partial charge in [-0.1, -0.05) is 19.1 Å². The second-order valence-corrected chi connectivity index (χ2v) is 11.6. The lowest BCUT2D eigenvalue weighted by Crippen LogP contribution is -2.43. The van der Waals surface area contributed by atoms with Gasteiger partial charge in [-0.05, 0) is 62.1 Å². The number of piperazine rings is 1. The highest BCUT2D eigenvalue weighted by atomic mass is 16.5. The molecule has 3 aliphatic heterocycles. The van der Waals surface area contributed by atoms with Crippen LogP contribution in [0, 0.1) is 12.8 Å². The van der Waals surface area contributed by atoms with E-state index in [1.165, 1.54) is 16.8 Å². The van der Waals surface area contributed by atoms with Crippen molar-refractivity contribution in [3.05, 3.63) is 58.9 Å². The first-order valence-electron chi connectivity index (χ1n) is 14.4. The van der Waals surface area contributed by atoms with Crippen molar-refractivity contribution < 1.29 is 9.53 Å². The van der Waals surface area contributed by atoms with Gasteiger partial charge >= 0.3 is 0 Å². The van der Waals surface area contributed by atoms with Crippen molar-refractivity contribution in [2.75, 3.05) is 51.3 Å². The Morgan fingerprint density at radius 1 is 1.07 bits per heavy atom. The van der Waals surface area contributed by atoms with Crippen LogP contribution in [-0.2, 0) is 20.0 Å². The number of aliphatic imine (C=N–C) groups is 1. The Hall–Kier alpha value is -3.56. The number of rotatable bonds is 2. The number of ether oxygens (including phenoxy) is 1. The lowest BCUT2D eigenvalue weighted by Gasteiger charge is -2.32. The van der Waals surface area contributed by atoms with Crippen LogP contribution in [0.5, 0.6) is 5.88 Å². The van der Waals surface area contributed by atoms with Crippen LogP contribution in [-0.4, -0.2) is 82.7 Å². The number of nitrogens with zero attached hydrogens (tertiary/aromatic N) is 7. The molecule has 5 heterocycles. The highest BCUT2D eigenvalue weighted by molar-refractivity contribution is 6.12. The summed E-state index contributed by atoms with van der Waals surface area (Å²) in [7, 11) is 4.06. The Morgan fingerprint density at radius 3 is 2.73 bits per heavy atom. The number of carbonyl (C=O) groups is 1. The Balaban J connectivity index is 1.34. The quantitative estimate of drug-likeness (QED) is 0.486. The van der Waals surface area contributed by atoms with Gasteiger partial charge in [0, 0.05) is 69.7 Å². The van der Waals surface area contributed by atoms with Crippen LogP contribution < -0.4 is 9.64 Å². The molecule has 0 aliphatic carbocycles. The molecule has 6 rings (SSSR count). The Labute approximate surface area is 236 Å². The van der Waals surface area contributed by atoms with E-state index in [0.29, 0.717) is 36.1 Å². The normalized spacial score (nSPS) is 20.6. The van der Waals surface area contributed by atoms with Crippen molar-refractivity contribution in [2.24, 2.45) is 18.0 Å². The Kier molecular flexibility index (Phi) is 7.42. The molecule has 1 saturated heterocycles. The maximum atomic E-state index is 13.6. The average molecular weight is 542 g/mol. The first-order valence-corrected chi connectivity index (χ1v) is 14.4. The fraction of sp³-hybridized carbons (Fsp3) is 0.484. The molecule has 3 aromatic rings. The van der Waals surface area contributed by atoms with Crippen molar-refractivity contribution in [1.82, 2.24) is 24.6 Å². The molecule has 3 aliphatic rings. The molecule has 2 aromatic heterocycles. The monoisotopic (exact) mass is 541 g/mol. The maximum Gasteiger partial charge on any atom is 0.278 e. The summed E-state index contributed by atoms with van der Waals surface area (Å²) in [6, 6.07) is 10.4. The van der Waals surface area contributed by atoms with Gasteiger partial charge in [0.15, 0.2) is 0 Å². The van der Waals surface area contributed by atoms with Crippen LogP contribution in [0.2, 0.25) is 0 Å². The van der Waals surface area contributed by atoms with Crippen molar-refractivity contribution in [2.45, 2.75) is 39.7 Å². The largest absolute Gasteiger partial charge is 0.477 e. The van der Waals surface area contributed by atoms with Crippen LogP contribution in [0.1, 0.15) is 46.9 Å². The molecule has 210 valence electrons. The van der Waals surface area contributed by atoms with Crippen LogP contribution in [0.15, 0.2) is 41.5 Å². The first-order chi connectivity index (χ1) is 19.3. The van der Waals surface area contributed by atoms with E-state index in [4.69, 9.17) is 14.7 Å². The van der Waals surface area contributed by atoms with E-state index in [1.54, 1.807) is 10.9 Å². The Bertz CT molecular complexity index is 1440. The predicted molar refractivity (Wildman–Crippen MR) is 157 cm³/mol. The highest BCUT2D eigenvalue weighted by Crippen LogP contribution is 2.34. The van der Waals surface area contributed by atoms with Gasteiger partial charge in [-0.3, -0.25) is 14.7 Å². The van der Waals surface area contributed by atoms with Crippen LogP contribution >= 0.6 is 0 Å². The van der Waals surface area contributed by atoms with E-state index in [-0.39, 0.29) is 5.91 Å². The van der Waals surface area contributed by atoms with E-state index < -0.39 is 0 Å². The van der Waals surface area contributed by atoms with Crippen molar-refractivity contribution >= 4 is 17.4 Å². The molecular weight excluding hydrogens is 502 g/mol. The van der Waals surface area contributed by atoms with Gasteiger partial charge in [0.25, 0.3) is 5.91 Å². The molecule has 1 atom stereocenters. The van der Waals surface area contributed by atoms with Crippen LogP contribution in [0.3, 0.4) is 0 Å². The molecule has 2 bridgehead atoms. The summed E-state index contributed by atoms with van der Waals surface area (Å²) in [5, 5.41) is 4.40. The van der Waals surface area contributed by atoms with Gasteiger partial charge in [0.2, 0.25) is 5.88 Å². The van der Waals surface area contributed by atoms with Gasteiger partial charge in [-0.2, -0.15) is 10.1 Å². The van der Waals surface area contributed by atoms with Crippen molar-refractivity contribution in [1.29, 1.82) is 0 Å². The number of carbonyl (C=O) groups excluding carboxylic acids is 1. The summed E-state index contributed by atoms with van der Waals surface area (Å²) >= 11 is 0. The molecule has 1 fully saturated rings. The number of aryl methyl sites for hydroxylation is 2. The zero-order chi connectivity index (χ0) is 27.8. The van der Waals surface area contributed by atoms with Gasteiger partial charge < -0.3 is 14.5 Å². The standard InChI is InChI=1S/C31H39N7O2/c1-21-6-5-13-40-31-26(18-32-36(31)4)27-16-25(14-22(2)33-27)30(39)34-29-17-24-8-7-23(15-28(24)38(29)19-21)20-37-11-9-35(3)10-12-37/h7-8,14-16,18,21H,5-6,9-13,17,19-20H2,1-4H3/t21-/m1/s1. The van der Waals surface area contributed by atoms with Gasteiger partial charge in [0.05, 0.1) is 24.1 Å². The summed E-state index contributed by atoms with van der Waals surface area (Å²) in [4.78, 5) is 30.3. The molecule has 9 heteroatoms. The SMILES string of the molecule is Cc1cc2cc(n1)-c1cnn(C)c1OCCC[C@@H](C)CN1C(=NC2=O)Cc2ccc(CN3CCN(C)CC3)cc21. The van der Waals surface area contributed by atoms with Crippen LogP contribution in [0.25, 0.3) is 11.3 Å². The van der Waals surface area contributed by atoms with E-state index in [9.17, 15) is 4.79 Å². The average Bonchev–Trinajstić information content (AvgIpc) is 3.46. The second-order valence-electron chi connectivity index (χ2n) is 11.6. The van der Waals surface area contributed by atoms with Crippen molar-refractivity contribution in [3.63, 3.8) is 0 Å². The molecular formula is C31H39N7O2. The lowest BCUT2D eigenvalue weighted by atomic mass is 10.0. The topological polar surface area (TPSA) is 79.1 Å². The van der Waals surface area contributed by atoms with Gasteiger partial charge in [-0.25, -0.2) is 4.68 Å². The molecule has 0 spiro atoms. The third kappa shape index (κ3) is 5.53. The molecule has 0 N–H and O–H groups in total. The van der Waals surface area contributed by atoms with Crippen LogP contribution in [0.4, 0.5) is 5.69 Å². The van der Waals surface area contributed by atoms with E-state index >= 15 is 0 Å². The predicted octanol–water partition coefficient (Wildman–Crippen LogP) is 3.95. The number of fused-ring (bicyclic) bond motifs is 7. The first kappa shape index (κ1) is 26.7. The molecule has 0 saturated carbocycles. The molecule has 0 radical (unpaired) electrons. The minimum Gasteiger partial charge on any atom is -0.477 e. The second kappa shape index (κ2) is 11.1. The molecule has 0 unspecified atom stereocenters. The fourth-order valence-corrected chi connectivity index (χ4v) is 5.97. The summed E-state index contributed by atoms with van der Waals surface area (Å²) in [5.74, 6) is 1.66. The number of anilines is 1. The number of aromatic nitrogens is 3. The van der Waals surface area contributed by atoms with E-state index in [2.05, 4.69) is 52.0 Å². The molecule has 9 nitrogen and oxygen atoms in total. The number of amides is 1. The minimum absolute atomic E-state index is 0.244. The zero-order valence-corrected chi connectivity index (χ0v) is 24.1. The smallest absolute Gasteiger partial charge is 0.278 e. The Morgan fingerprint density at radius 2 is 1.90 bits per heavy atom. The summed E-state index contributed by atoms with van der Waals surface area (Å²) in [6.45, 7) is 10.9. The minimum atomic E-state index is -0.244. The number of hydrogen-bond acceptors (Lipinski definition) is 7. The summed E-state index contributed by atoms with van der Waals surface area (Å²) < 4.78 is 7.94. The maximum absolute atomic E-state index is 13.6. The van der Waals surface area contributed by atoms with Gasteiger partial charge in [-0.15, -0.1) is 0 Å². The molecule has 1 aromatic carbocycles.